The first-order valence-corrected chi connectivity index (χ1v) is 8.38. The highest BCUT2D eigenvalue weighted by atomic mass is 32.2. The molecule has 3 rings (SSSR count). The van der Waals surface area contributed by atoms with Crippen LogP contribution in [0.5, 0.6) is 0 Å². The van der Waals surface area contributed by atoms with Crippen molar-refractivity contribution in [2.24, 2.45) is 0 Å². The van der Waals surface area contributed by atoms with Crippen LogP contribution in [-0.4, -0.2) is 5.75 Å². The number of benzene rings is 2. The van der Waals surface area contributed by atoms with E-state index in [0.29, 0.717) is 12.1 Å². The molecule has 0 radical (unpaired) electrons. The third-order valence-corrected chi connectivity index (χ3v) is 5.16. The molecule has 104 valence electrons. The molecule has 1 aliphatic rings. The van der Waals surface area contributed by atoms with E-state index in [1.807, 2.05) is 11.8 Å². The van der Waals surface area contributed by atoms with Gasteiger partial charge in [0.2, 0.25) is 0 Å². The molecule has 1 nitrogen and oxygen atoms in total. The minimum Gasteiger partial charge on any atom is -0.303 e. The Hall–Kier alpha value is -1.25. The molecule has 0 saturated heterocycles. The number of hydrogen-bond donors (Lipinski definition) is 1. The topological polar surface area (TPSA) is 12.0 Å². The maximum Gasteiger partial charge on any atom is 0.0419 e. The monoisotopic (exact) mass is 283 g/mol. The predicted octanol–water partition coefficient (Wildman–Crippen LogP) is 4.63. The van der Waals surface area contributed by atoms with E-state index in [0.717, 1.165) is 11.5 Å². The summed E-state index contributed by atoms with van der Waals surface area (Å²) in [7, 11) is 0. The van der Waals surface area contributed by atoms with Gasteiger partial charge in [0.05, 0.1) is 0 Å². The van der Waals surface area contributed by atoms with Crippen molar-refractivity contribution in [1.29, 1.82) is 0 Å². The average Bonchev–Trinajstić information content (AvgIpc) is 2.48. The van der Waals surface area contributed by atoms with Gasteiger partial charge in [0.25, 0.3) is 0 Å². The Balaban J connectivity index is 1.81. The van der Waals surface area contributed by atoms with E-state index < -0.39 is 0 Å². The van der Waals surface area contributed by atoms with Crippen LogP contribution in [0, 0.1) is 6.92 Å². The van der Waals surface area contributed by atoms with Crippen molar-refractivity contribution in [1.82, 2.24) is 5.32 Å². The molecule has 0 amide bonds. The largest absolute Gasteiger partial charge is 0.303 e. The summed E-state index contributed by atoms with van der Waals surface area (Å²) in [5.74, 6) is 2.31. The Bertz CT molecular complexity index is 593. The number of fused-ring (bicyclic) bond motifs is 1. The van der Waals surface area contributed by atoms with E-state index in [9.17, 15) is 0 Å². The molecular weight excluding hydrogens is 262 g/mol. The lowest BCUT2D eigenvalue weighted by molar-refractivity contribution is 0.494. The second-order valence-electron chi connectivity index (χ2n) is 5.51. The molecule has 0 bridgehead atoms. The van der Waals surface area contributed by atoms with Gasteiger partial charge in [0.1, 0.15) is 0 Å². The van der Waals surface area contributed by atoms with Crippen molar-refractivity contribution in [2.45, 2.75) is 31.7 Å². The molecule has 2 aromatic carbocycles. The van der Waals surface area contributed by atoms with Crippen LogP contribution in [0.4, 0.5) is 0 Å². The van der Waals surface area contributed by atoms with E-state index >= 15 is 0 Å². The fourth-order valence-corrected chi connectivity index (χ4v) is 4.10. The Morgan fingerprint density at radius 3 is 2.70 bits per heavy atom. The van der Waals surface area contributed by atoms with Crippen LogP contribution in [0.1, 0.15) is 41.3 Å². The van der Waals surface area contributed by atoms with Crippen molar-refractivity contribution < 1.29 is 0 Å². The predicted molar refractivity (Wildman–Crippen MR) is 88.1 cm³/mol. The number of nitrogens with one attached hydrogen (secondary N) is 1. The first-order chi connectivity index (χ1) is 9.75. The SMILES string of the molecule is Cc1ccccc1[C@@H](C)NC1CSCc2ccccc21. The van der Waals surface area contributed by atoms with Gasteiger partial charge >= 0.3 is 0 Å². The molecule has 0 spiro atoms. The molecule has 1 aliphatic heterocycles. The number of aryl methyl sites for hydroxylation is 1. The zero-order chi connectivity index (χ0) is 13.9. The van der Waals surface area contributed by atoms with E-state index in [-0.39, 0.29) is 0 Å². The van der Waals surface area contributed by atoms with Crippen LogP contribution >= 0.6 is 11.8 Å². The van der Waals surface area contributed by atoms with Gasteiger partial charge in [0.15, 0.2) is 0 Å². The molecule has 1 unspecified atom stereocenters. The van der Waals surface area contributed by atoms with Gasteiger partial charge in [-0.1, -0.05) is 48.5 Å². The molecule has 1 N–H and O–H groups in total. The number of thioether (sulfide) groups is 1. The van der Waals surface area contributed by atoms with Crippen LogP contribution in [0.3, 0.4) is 0 Å². The van der Waals surface area contributed by atoms with Crippen molar-refractivity contribution in [3.8, 4) is 0 Å². The molecular formula is C18H21NS. The van der Waals surface area contributed by atoms with Crippen LogP contribution in [0.2, 0.25) is 0 Å². The highest BCUT2D eigenvalue weighted by molar-refractivity contribution is 7.98. The maximum absolute atomic E-state index is 3.81. The van der Waals surface area contributed by atoms with Gasteiger partial charge in [-0.25, -0.2) is 0 Å². The molecule has 0 saturated carbocycles. The normalized spacial score (nSPS) is 19.4. The van der Waals surface area contributed by atoms with E-state index in [4.69, 9.17) is 0 Å². The lowest BCUT2D eigenvalue weighted by Crippen LogP contribution is -2.29. The van der Waals surface area contributed by atoms with Gasteiger partial charge in [-0.3, -0.25) is 0 Å². The van der Waals surface area contributed by atoms with Crippen LogP contribution in [0.15, 0.2) is 48.5 Å². The third-order valence-electron chi connectivity index (χ3n) is 4.08. The number of hydrogen-bond acceptors (Lipinski definition) is 2. The molecule has 2 heteroatoms. The summed E-state index contributed by atoms with van der Waals surface area (Å²) in [6, 6.07) is 18.3. The average molecular weight is 283 g/mol. The molecule has 20 heavy (non-hydrogen) atoms. The Labute approximate surface area is 125 Å². The van der Waals surface area contributed by atoms with Crippen molar-refractivity contribution in [2.75, 3.05) is 5.75 Å². The number of rotatable bonds is 3. The molecule has 0 aromatic heterocycles. The fraction of sp³-hybridized carbons (Fsp3) is 0.333. The Kier molecular flexibility index (Phi) is 4.13. The van der Waals surface area contributed by atoms with Crippen LogP contribution < -0.4 is 5.32 Å². The summed E-state index contributed by atoms with van der Waals surface area (Å²) < 4.78 is 0. The zero-order valence-electron chi connectivity index (χ0n) is 12.1. The maximum atomic E-state index is 3.81. The van der Waals surface area contributed by atoms with Crippen molar-refractivity contribution >= 4 is 11.8 Å². The summed E-state index contributed by atoms with van der Waals surface area (Å²) >= 11 is 2.02. The minimum absolute atomic E-state index is 0.382. The summed E-state index contributed by atoms with van der Waals surface area (Å²) in [5, 5.41) is 3.81. The highest BCUT2D eigenvalue weighted by Crippen LogP contribution is 2.33. The molecule has 0 aliphatic carbocycles. The van der Waals surface area contributed by atoms with Gasteiger partial charge in [-0.15, -0.1) is 0 Å². The van der Waals surface area contributed by atoms with Gasteiger partial charge in [-0.2, -0.15) is 11.8 Å². The minimum atomic E-state index is 0.382. The lowest BCUT2D eigenvalue weighted by Gasteiger charge is -2.29. The van der Waals surface area contributed by atoms with Crippen LogP contribution in [0.25, 0.3) is 0 Å². The smallest absolute Gasteiger partial charge is 0.0419 e. The second kappa shape index (κ2) is 6.02. The second-order valence-corrected chi connectivity index (χ2v) is 6.54. The summed E-state index contributed by atoms with van der Waals surface area (Å²) in [6.45, 7) is 4.46. The molecule has 1 heterocycles. The fourth-order valence-electron chi connectivity index (χ4n) is 2.98. The Morgan fingerprint density at radius 2 is 1.85 bits per heavy atom. The Morgan fingerprint density at radius 1 is 1.10 bits per heavy atom. The summed E-state index contributed by atoms with van der Waals surface area (Å²) in [6.07, 6.45) is 0. The van der Waals surface area contributed by atoms with E-state index in [1.165, 1.54) is 22.3 Å². The molecule has 2 aromatic rings. The van der Waals surface area contributed by atoms with Crippen molar-refractivity contribution in [3.63, 3.8) is 0 Å². The van der Waals surface area contributed by atoms with E-state index in [2.05, 4.69) is 67.7 Å². The molecule has 0 fully saturated rings. The van der Waals surface area contributed by atoms with Gasteiger partial charge in [0, 0.05) is 23.6 Å². The first kappa shape index (κ1) is 13.7. The van der Waals surface area contributed by atoms with Gasteiger partial charge in [-0.05, 0) is 36.1 Å². The third kappa shape index (κ3) is 2.77. The first-order valence-electron chi connectivity index (χ1n) is 7.23. The van der Waals surface area contributed by atoms with Crippen molar-refractivity contribution in [3.05, 3.63) is 70.8 Å². The van der Waals surface area contributed by atoms with Crippen LogP contribution in [-0.2, 0) is 5.75 Å². The van der Waals surface area contributed by atoms with Gasteiger partial charge < -0.3 is 5.32 Å². The summed E-state index contributed by atoms with van der Waals surface area (Å²) in [4.78, 5) is 0. The standard InChI is InChI=1S/C18H21NS/c1-13-7-3-5-9-16(13)14(2)19-18-12-20-11-15-8-4-6-10-17(15)18/h3-10,14,18-19H,11-12H2,1-2H3/t14-,18?/m1/s1. The molecule has 2 atom stereocenters. The zero-order valence-corrected chi connectivity index (χ0v) is 12.9. The lowest BCUT2D eigenvalue weighted by atomic mass is 9.98. The quantitative estimate of drug-likeness (QED) is 0.881. The van der Waals surface area contributed by atoms with E-state index in [1.54, 1.807) is 0 Å². The highest BCUT2D eigenvalue weighted by Gasteiger charge is 2.22. The summed E-state index contributed by atoms with van der Waals surface area (Å²) in [5.41, 5.74) is 5.73.